The summed E-state index contributed by atoms with van der Waals surface area (Å²) in [7, 11) is 1.89. The lowest BCUT2D eigenvalue weighted by Gasteiger charge is -2.25. The fourth-order valence-electron chi connectivity index (χ4n) is 3.26. The molecule has 1 atom stereocenters. The maximum Gasteiger partial charge on any atom is 0.238 e. The van der Waals surface area contributed by atoms with Gasteiger partial charge in [-0.2, -0.15) is 5.10 Å². The quantitative estimate of drug-likeness (QED) is 0.567. The van der Waals surface area contributed by atoms with Gasteiger partial charge in [0.2, 0.25) is 5.91 Å². The first-order valence-electron chi connectivity index (χ1n) is 9.34. The molecule has 0 aliphatic carbocycles. The summed E-state index contributed by atoms with van der Waals surface area (Å²) in [6.07, 6.45) is 0. The average molecular weight is 431 g/mol. The largest absolute Gasteiger partial charge is 0.322 e. The van der Waals surface area contributed by atoms with E-state index in [4.69, 9.17) is 23.2 Å². The van der Waals surface area contributed by atoms with Gasteiger partial charge in [0.25, 0.3) is 0 Å². The van der Waals surface area contributed by atoms with Gasteiger partial charge in [-0.25, -0.2) is 4.68 Å². The Hall–Kier alpha value is -2.34. The number of hydrogen-bond acceptors (Lipinski definition) is 3. The molecule has 7 heteroatoms. The summed E-state index contributed by atoms with van der Waals surface area (Å²) in [5.41, 5.74) is 4.28. The molecule has 5 nitrogen and oxygen atoms in total. The Morgan fingerprint density at radius 3 is 2.52 bits per heavy atom. The number of amides is 1. The third-order valence-corrected chi connectivity index (χ3v) is 5.59. The van der Waals surface area contributed by atoms with Crippen molar-refractivity contribution in [1.82, 2.24) is 14.7 Å². The minimum Gasteiger partial charge on any atom is -0.322 e. The van der Waals surface area contributed by atoms with Gasteiger partial charge in [0.05, 0.1) is 29.3 Å². The van der Waals surface area contributed by atoms with Gasteiger partial charge in [-0.05, 0) is 57.6 Å². The lowest BCUT2D eigenvalue weighted by atomic mass is 10.1. The van der Waals surface area contributed by atoms with Gasteiger partial charge in [0.15, 0.2) is 0 Å². The van der Waals surface area contributed by atoms with Crippen LogP contribution in [0.25, 0.3) is 5.69 Å². The molecule has 0 saturated heterocycles. The number of rotatable bonds is 6. The standard InChI is InChI=1S/C22H24Cl2N4O/c1-14-22(16(3)28(26-14)18-8-6-5-7-9-18)25-21(29)13-27(4)15(2)19-11-10-17(23)12-20(19)24/h5-12,15H,13H2,1-4H3,(H,25,29)/t15-/m1/s1. The third kappa shape index (κ3) is 4.81. The van der Waals surface area contributed by atoms with Crippen molar-refractivity contribution >= 4 is 34.8 Å². The van der Waals surface area contributed by atoms with Gasteiger partial charge >= 0.3 is 0 Å². The second-order valence-electron chi connectivity index (χ2n) is 7.10. The van der Waals surface area contributed by atoms with Crippen molar-refractivity contribution in [1.29, 1.82) is 0 Å². The Morgan fingerprint density at radius 2 is 1.86 bits per heavy atom. The first-order chi connectivity index (χ1) is 13.8. The summed E-state index contributed by atoms with van der Waals surface area (Å²) in [5.74, 6) is -0.108. The molecule has 0 bridgehead atoms. The van der Waals surface area contributed by atoms with Crippen LogP contribution in [0.15, 0.2) is 48.5 Å². The predicted molar refractivity (Wildman–Crippen MR) is 119 cm³/mol. The van der Waals surface area contributed by atoms with Crippen molar-refractivity contribution in [2.75, 3.05) is 18.9 Å². The monoisotopic (exact) mass is 430 g/mol. The number of benzene rings is 2. The normalized spacial score (nSPS) is 12.2. The molecule has 0 unspecified atom stereocenters. The Balaban J connectivity index is 1.71. The number of nitrogens with zero attached hydrogens (tertiary/aromatic N) is 3. The van der Waals surface area contributed by atoms with E-state index in [1.807, 2.05) is 73.8 Å². The number of anilines is 1. The van der Waals surface area contributed by atoms with Crippen LogP contribution in [0.3, 0.4) is 0 Å². The fourth-order valence-corrected chi connectivity index (χ4v) is 3.83. The molecule has 152 valence electrons. The van der Waals surface area contributed by atoms with Crippen LogP contribution in [0, 0.1) is 13.8 Å². The zero-order chi connectivity index (χ0) is 21.1. The van der Waals surface area contributed by atoms with Gasteiger partial charge in [-0.15, -0.1) is 0 Å². The van der Waals surface area contributed by atoms with Crippen molar-refractivity contribution < 1.29 is 4.79 Å². The number of hydrogen-bond donors (Lipinski definition) is 1. The number of aryl methyl sites for hydroxylation is 1. The number of carbonyl (C=O) groups is 1. The van der Waals surface area contributed by atoms with Crippen LogP contribution in [0.4, 0.5) is 5.69 Å². The zero-order valence-corrected chi connectivity index (χ0v) is 18.4. The van der Waals surface area contributed by atoms with E-state index >= 15 is 0 Å². The summed E-state index contributed by atoms with van der Waals surface area (Å²) in [6, 6.07) is 15.2. The summed E-state index contributed by atoms with van der Waals surface area (Å²) < 4.78 is 1.84. The highest BCUT2D eigenvalue weighted by Gasteiger charge is 2.20. The molecular weight excluding hydrogens is 407 g/mol. The molecule has 1 amide bonds. The first-order valence-corrected chi connectivity index (χ1v) is 10.1. The van der Waals surface area contributed by atoms with E-state index in [0.717, 1.165) is 28.3 Å². The first kappa shape index (κ1) is 21.4. The summed E-state index contributed by atoms with van der Waals surface area (Å²) >= 11 is 12.3. The average Bonchev–Trinajstić information content (AvgIpc) is 2.96. The van der Waals surface area contributed by atoms with Crippen molar-refractivity contribution in [3.05, 3.63) is 75.5 Å². The smallest absolute Gasteiger partial charge is 0.238 e. The molecule has 0 spiro atoms. The van der Waals surface area contributed by atoms with E-state index in [-0.39, 0.29) is 18.5 Å². The summed E-state index contributed by atoms with van der Waals surface area (Å²) in [5, 5.41) is 8.77. The lowest BCUT2D eigenvalue weighted by Crippen LogP contribution is -2.32. The summed E-state index contributed by atoms with van der Waals surface area (Å²) in [6.45, 7) is 6.06. The van der Waals surface area contributed by atoms with Crippen LogP contribution in [0.1, 0.15) is 29.9 Å². The minimum atomic E-state index is -0.108. The molecule has 0 fully saturated rings. The molecule has 3 aromatic rings. The molecule has 0 saturated carbocycles. The molecule has 1 heterocycles. The second-order valence-corrected chi connectivity index (χ2v) is 7.94. The lowest BCUT2D eigenvalue weighted by molar-refractivity contribution is -0.117. The molecule has 0 radical (unpaired) electrons. The maximum absolute atomic E-state index is 12.7. The number of para-hydroxylation sites is 1. The zero-order valence-electron chi connectivity index (χ0n) is 16.9. The minimum absolute atomic E-state index is 0.0419. The Bertz CT molecular complexity index is 1020. The van der Waals surface area contributed by atoms with Crippen LogP contribution in [0.5, 0.6) is 0 Å². The van der Waals surface area contributed by atoms with Crippen LogP contribution in [0.2, 0.25) is 10.0 Å². The van der Waals surface area contributed by atoms with Crippen LogP contribution < -0.4 is 5.32 Å². The highest BCUT2D eigenvalue weighted by Crippen LogP contribution is 2.29. The third-order valence-electron chi connectivity index (χ3n) is 5.02. The van der Waals surface area contributed by atoms with Gasteiger partial charge in [-0.1, -0.05) is 47.5 Å². The van der Waals surface area contributed by atoms with E-state index < -0.39 is 0 Å². The van der Waals surface area contributed by atoms with Gasteiger partial charge in [-0.3, -0.25) is 9.69 Å². The molecule has 1 N–H and O–H groups in total. The van der Waals surface area contributed by atoms with Gasteiger partial charge < -0.3 is 5.32 Å². The summed E-state index contributed by atoms with van der Waals surface area (Å²) in [4.78, 5) is 14.6. The van der Waals surface area contributed by atoms with Crippen LogP contribution in [-0.2, 0) is 4.79 Å². The van der Waals surface area contributed by atoms with Gasteiger partial charge in [0, 0.05) is 16.1 Å². The van der Waals surface area contributed by atoms with E-state index in [1.54, 1.807) is 12.1 Å². The number of aromatic nitrogens is 2. The fraction of sp³-hybridized carbons (Fsp3) is 0.273. The number of carbonyl (C=O) groups excluding carboxylic acids is 1. The highest BCUT2D eigenvalue weighted by atomic mass is 35.5. The molecular formula is C22H24Cl2N4O. The Kier molecular flexibility index (Phi) is 6.63. The highest BCUT2D eigenvalue weighted by molar-refractivity contribution is 6.35. The van der Waals surface area contributed by atoms with Gasteiger partial charge in [0.1, 0.15) is 0 Å². The molecule has 2 aromatic carbocycles. The topological polar surface area (TPSA) is 50.2 Å². The molecule has 0 aliphatic rings. The molecule has 3 rings (SSSR count). The van der Waals surface area contributed by atoms with E-state index in [2.05, 4.69) is 10.4 Å². The number of likely N-dealkylation sites (N-methyl/N-ethyl adjacent to an activating group) is 1. The SMILES string of the molecule is Cc1nn(-c2ccccc2)c(C)c1NC(=O)CN(C)[C@H](C)c1ccc(Cl)cc1Cl. The Morgan fingerprint density at radius 1 is 1.17 bits per heavy atom. The maximum atomic E-state index is 12.7. The Labute approximate surface area is 181 Å². The second kappa shape index (κ2) is 8.99. The van der Waals surface area contributed by atoms with Crippen molar-refractivity contribution in [2.24, 2.45) is 0 Å². The van der Waals surface area contributed by atoms with Crippen molar-refractivity contribution in [3.63, 3.8) is 0 Å². The predicted octanol–water partition coefficient (Wildman–Crippen LogP) is 5.43. The van der Waals surface area contributed by atoms with Crippen LogP contribution in [-0.4, -0.2) is 34.2 Å². The van der Waals surface area contributed by atoms with Crippen molar-refractivity contribution in [2.45, 2.75) is 26.8 Å². The molecule has 1 aromatic heterocycles. The van der Waals surface area contributed by atoms with Crippen LogP contribution >= 0.6 is 23.2 Å². The van der Waals surface area contributed by atoms with Crippen molar-refractivity contribution in [3.8, 4) is 5.69 Å². The number of halogens is 2. The van der Waals surface area contributed by atoms with E-state index in [0.29, 0.717) is 10.0 Å². The molecule has 0 aliphatic heterocycles. The van der Waals surface area contributed by atoms with E-state index in [9.17, 15) is 4.79 Å². The van der Waals surface area contributed by atoms with E-state index in [1.165, 1.54) is 0 Å². The molecule has 29 heavy (non-hydrogen) atoms. The number of nitrogens with one attached hydrogen (secondary N) is 1.